The first-order valence-electron chi connectivity index (χ1n) is 11.3. The number of fused-ring (bicyclic) bond motifs is 7. The van der Waals surface area contributed by atoms with Crippen molar-refractivity contribution in [2.24, 2.45) is 34.0 Å². The summed E-state index contributed by atoms with van der Waals surface area (Å²) in [5.74, 6) is 3.05. The van der Waals surface area contributed by atoms with E-state index in [1.807, 2.05) is 6.26 Å². The summed E-state index contributed by atoms with van der Waals surface area (Å²) in [4.78, 5) is 12.6. The van der Waals surface area contributed by atoms with Gasteiger partial charge in [0.2, 0.25) is 0 Å². The van der Waals surface area contributed by atoms with Crippen LogP contribution in [-0.4, -0.2) is 6.29 Å². The Hall–Kier alpha value is -1.05. The number of carbonyl (C=O) groups is 1. The van der Waals surface area contributed by atoms with Crippen LogP contribution in [0.3, 0.4) is 0 Å². The molecule has 0 radical (unpaired) electrons. The summed E-state index contributed by atoms with van der Waals surface area (Å²) < 4.78 is 5.98. The van der Waals surface area contributed by atoms with Crippen molar-refractivity contribution in [1.82, 2.24) is 0 Å². The van der Waals surface area contributed by atoms with Gasteiger partial charge in [-0.1, -0.05) is 34.1 Å². The first-order chi connectivity index (χ1) is 12.8. The molecule has 27 heavy (non-hydrogen) atoms. The second kappa shape index (κ2) is 5.51. The Morgan fingerprint density at radius 3 is 2.44 bits per heavy atom. The summed E-state index contributed by atoms with van der Waals surface area (Å²) in [6.45, 7) is 10.2. The molecule has 0 bridgehead atoms. The number of hydrogen-bond acceptors (Lipinski definition) is 2. The van der Waals surface area contributed by atoms with E-state index in [2.05, 4.69) is 33.8 Å². The second-order valence-corrected chi connectivity index (χ2v) is 11.6. The molecule has 0 aliphatic heterocycles. The highest BCUT2D eigenvalue weighted by Gasteiger charge is 2.66. The van der Waals surface area contributed by atoms with Crippen LogP contribution in [0.5, 0.6) is 0 Å². The average Bonchev–Trinajstić information content (AvgIpc) is 3.10. The molecule has 2 nitrogen and oxygen atoms in total. The minimum absolute atomic E-state index is 0.266. The Kier molecular flexibility index (Phi) is 3.68. The van der Waals surface area contributed by atoms with E-state index in [0.29, 0.717) is 16.7 Å². The van der Waals surface area contributed by atoms with Crippen LogP contribution < -0.4 is 0 Å². The number of furan rings is 1. The van der Waals surface area contributed by atoms with Crippen LogP contribution >= 0.6 is 0 Å². The van der Waals surface area contributed by atoms with E-state index in [-0.39, 0.29) is 10.8 Å². The fourth-order valence-electron chi connectivity index (χ4n) is 9.20. The maximum atomic E-state index is 12.6. The van der Waals surface area contributed by atoms with Gasteiger partial charge < -0.3 is 9.21 Å². The van der Waals surface area contributed by atoms with E-state index < -0.39 is 0 Å². The number of aryl methyl sites for hydroxylation is 1. The van der Waals surface area contributed by atoms with Gasteiger partial charge in [0.05, 0.1) is 11.7 Å². The van der Waals surface area contributed by atoms with Crippen molar-refractivity contribution in [1.29, 1.82) is 0 Å². The van der Waals surface area contributed by atoms with Crippen molar-refractivity contribution < 1.29 is 9.21 Å². The van der Waals surface area contributed by atoms with Gasteiger partial charge in [-0.15, -0.1) is 0 Å². The molecule has 0 spiro atoms. The fourth-order valence-corrected chi connectivity index (χ4v) is 9.20. The van der Waals surface area contributed by atoms with Crippen molar-refractivity contribution in [2.75, 3.05) is 0 Å². The third-order valence-corrected chi connectivity index (χ3v) is 10.2. The fraction of sp³-hybridized carbons (Fsp3) is 0.800. The highest BCUT2D eigenvalue weighted by atomic mass is 16.3. The molecular formula is C25H36O2. The molecule has 3 saturated carbocycles. The molecule has 5 rings (SSSR count). The van der Waals surface area contributed by atoms with Gasteiger partial charge in [-0.3, -0.25) is 0 Å². The van der Waals surface area contributed by atoms with E-state index in [4.69, 9.17) is 4.42 Å². The normalized spacial score (nSPS) is 47.9. The summed E-state index contributed by atoms with van der Waals surface area (Å²) in [6, 6.07) is 2.10. The maximum absolute atomic E-state index is 12.6. The van der Waals surface area contributed by atoms with E-state index in [1.54, 1.807) is 0 Å². The van der Waals surface area contributed by atoms with Gasteiger partial charge in [0.1, 0.15) is 12.0 Å². The van der Waals surface area contributed by atoms with Crippen molar-refractivity contribution in [2.45, 2.75) is 90.9 Å². The van der Waals surface area contributed by atoms with Gasteiger partial charge >= 0.3 is 0 Å². The lowest BCUT2D eigenvalue weighted by molar-refractivity contribution is -0.184. The highest BCUT2D eigenvalue weighted by molar-refractivity contribution is 5.70. The Morgan fingerprint density at radius 2 is 1.67 bits per heavy atom. The van der Waals surface area contributed by atoms with E-state index >= 15 is 0 Å². The second-order valence-electron chi connectivity index (χ2n) is 11.6. The van der Waals surface area contributed by atoms with Crippen LogP contribution in [0.4, 0.5) is 0 Å². The predicted octanol–water partition coefficient (Wildman–Crippen LogP) is 6.32. The molecule has 3 fully saturated rings. The molecule has 148 valence electrons. The topological polar surface area (TPSA) is 30.2 Å². The van der Waals surface area contributed by atoms with Crippen molar-refractivity contribution in [3.63, 3.8) is 0 Å². The average molecular weight is 369 g/mol. The van der Waals surface area contributed by atoms with Crippen LogP contribution in [0.1, 0.15) is 90.4 Å². The van der Waals surface area contributed by atoms with Crippen LogP contribution in [0, 0.1) is 34.0 Å². The Morgan fingerprint density at radius 1 is 0.926 bits per heavy atom. The molecule has 6 atom stereocenters. The Labute approximate surface area is 164 Å². The highest BCUT2D eigenvalue weighted by Crippen LogP contribution is 2.71. The summed E-state index contributed by atoms with van der Waals surface area (Å²) >= 11 is 0. The number of aldehydes is 1. The molecule has 2 heteroatoms. The zero-order valence-electron chi connectivity index (χ0n) is 17.6. The lowest BCUT2D eigenvalue weighted by Gasteiger charge is -2.68. The quantitative estimate of drug-likeness (QED) is 0.543. The van der Waals surface area contributed by atoms with Gasteiger partial charge in [-0.05, 0) is 97.0 Å². The molecule has 1 aromatic rings. The van der Waals surface area contributed by atoms with Crippen LogP contribution in [0.2, 0.25) is 0 Å². The number of carbonyl (C=O) groups excluding carboxylic acids is 1. The third-order valence-electron chi connectivity index (χ3n) is 10.2. The molecule has 0 aromatic carbocycles. The zero-order chi connectivity index (χ0) is 19.1. The molecule has 0 saturated heterocycles. The monoisotopic (exact) mass is 368 g/mol. The zero-order valence-corrected chi connectivity index (χ0v) is 17.6. The third kappa shape index (κ3) is 2.11. The van der Waals surface area contributed by atoms with Crippen molar-refractivity contribution in [3.8, 4) is 0 Å². The van der Waals surface area contributed by atoms with Gasteiger partial charge in [0.25, 0.3) is 0 Å². The summed E-state index contributed by atoms with van der Waals surface area (Å²) in [7, 11) is 0. The van der Waals surface area contributed by atoms with Gasteiger partial charge in [-0.25, -0.2) is 0 Å². The van der Waals surface area contributed by atoms with Gasteiger partial charge in [-0.2, -0.15) is 0 Å². The number of rotatable bonds is 1. The smallest absolute Gasteiger partial charge is 0.134 e. The van der Waals surface area contributed by atoms with E-state index in [1.165, 1.54) is 50.4 Å². The van der Waals surface area contributed by atoms with E-state index in [0.717, 1.165) is 36.9 Å². The molecule has 1 aromatic heterocycles. The Bertz CT molecular complexity index is 760. The molecule has 0 amide bonds. The summed E-state index contributed by atoms with van der Waals surface area (Å²) in [5, 5.41) is 0. The van der Waals surface area contributed by atoms with Crippen LogP contribution in [-0.2, 0) is 16.6 Å². The molecule has 6 unspecified atom stereocenters. The largest absolute Gasteiger partial charge is 0.468 e. The lowest BCUT2D eigenvalue weighted by atomic mass is 9.36. The van der Waals surface area contributed by atoms with Crippen LogP contribution in [0.25, 0.3) is 0 Å². The first-order valence-corrected chi connectivity index (χ1v) is 11.3. The maximum Gasteiger partial charge on any atom is 0.134 e. The van der Waals surface area contributed by atoms with Crippen molar-refractivity contribution >= 4 is 6.29 Å². The van der Waals surface area contributed by atoms with Crippen molar-refractivity contribution in [3.05, 3.63) is 23.7 Å². The van der Waals surface area contributed by atoms with E-state index in [9.17, 15) is 4.79 Å². The summed E-state index contributed by atoms with van der Waals surface area (Å²) in [5.41, 5.74) is 2.10. The molecule has 1 heterocycles. The number of hydrogen-bond donors (Lipinski definition) is 0. The molecule has 4 aliphatic rings. The SMILES string of the molecule is CC1(C)CCCC2(C)C1CCC1(C)C3CCc4ccoc4C3(C=O)CCC21. The van der Waals surface area contributed by atoms with Gasteiger partial charge in [0, 0.05) is 0 Å². The van der Waals surface area contributed by atoms with Crippen LogP contribution in [0.15, 0.2) is 16.7 Å². The molecule has 0 N–H and O–H groups in total. The minimum Gasteiger partial charge on any atom is -0.468 e. The Balaban J connectivity index is 1.60. The molecule has 4 aliphatic carbocycles. The van der Waals surface area contributed by atoms with Gasteiger partial charge in [0.15, 0.2) is 0 Å². The standard InChI is InChI=1S/C25H36O2/c1-22(2)11-5-12-23(3)18(22)8-13-24(4)19(23)9-14-25(16-26)20(24)7-6-17-10-15-27-21(17)25/h10,15-16,18-20H,5-9,11-14H2,1-4H3. The minimum atomic E-state index is -0.365. The summed E-state index contributed by atoms with van der Waals surface area (Å²) in [6.07, 6.45) is 14.3. The molecular weight excluding hydrogens is 332 g/mol. The predicted molar refractivity (Wildman–Crippen MR) is 108 cm³/mol. The first kappa shape index (κ1) is 18.0. The lowest BCUT2D eigenvalue weighted by Crippen LogP contribution is -2.63.